The van der Waals surface area contributed by atoms with Crippen molar-refractivity contribution in [3.05, 3.63) is 57.6 Å². The first-order valence-corrected chi connectivity index (χ1v) is 9.94. The normalized spacial score (nSPS) is 14.6. The Balaban J connectivity index is 1.77. The van der Waals surface area contributed by atoms with E-state index in [1.165, 1.54) is 0 Å². The molecule has 0 bridgehead atoms. The number of carbonyl (C=O) groups is 2. The number of ether oxygens (including phenoxy) is 1. The Morgan fingerprint density at radius 3 is 2.50 bits per heavy atom. The summed E-state index contributed by atoms with van der Waals surface area (Å²) in [4.78, 5) is 27.4. The van der Waals surface area contributed by atoms with Crippen LogP contribution in [0.4, 0.5) is 5.69 Å². The lowest BCUT2D eigenvalue weighted by atomic mass is 10.0. The van der Waals surface area contributed by atoms with Gasteiger partial charge in [0.05, 0.1) is 16.3 Å². The Morgan fingerprint density at radius 2 is 1.79 bits per heavy atom. The second-order valence-corrected chi connectivity index (χ2v) is 7.58. The number of aryl methyl sites for hydroxylation is 1. The van der Waals surface area contributed by atoms with E-state index >= 15 is 0 Å². The molecule has 0 spiro atoms. The lowest BCUT2D eigenvalue weighted by molar-refractivity contribution is -0.122. The summed E-state index contributed by atoms with van der Waals surface area (Å²) < 4.78 is 5.67. The molecule has 148 valence electrons. The summed E-state index contributed by atoms with van der Waals surface area (Å²) in [5.74, 6) is -0.108. The summed E-state index contributed by atoms with van der Waals surface area (Å²) in [6.45, 7) is 4.97. The van der Waals surface area contributed by atoms with E-state index in [-0.39, 0.29) is 16.8 Å². The highest BCUT2D eigenvalue weighted by molar-refractivity contribution is 6.42. The Morgan fingerprint density at radius 1 is 1.11 bits per heavy atom. The van der Waals surface area contributed by atoms with Crippen LogP contribution in [0, 0.1) is 6.92 Å². The summed E-state index contributed by atoms with van der Waals surface area (Å²) in [6, 6.07) is 10.4. The van der Waals surface area contributed by atoms with E-state index in [4.69, 9.17) is 27.9 Å². The fourth-order valence-corrected chi connectivity index (χ4v) is 3.52. The lowest BCUT2D eigenvalue weighted by Gasteiger charge is -2.21. The predicted molar refractivity (Wildman–Crippen MR) is 111 cm³/mol. The molecule has 2 aromatic carbocycles. The van der Waals surface area contributed by atoms with Gasteiger partial charge in [-0.15, -0.1) is 0 Å². The number of rotatable bonds is 5. The molecule has 7 heteroatoms. The Bertz CT molecular complexity index is 895. The standard InChI is InChI=1S/C21H22Cl2N2O3/c1-13-7-5-9-16(18(13)21(27)25-11-3-4-12-25)24-20(26)14(2)28-17-10-6-8-15(22)19(17)23/h5-10,14H,3-4,11-12H2,1-2H3,(H,24,26). The van der Waals surface area contributed by atoms with Crippen LogP contribution < -0.4 is 10.1 Å². The van der Waals surface area contributed by atoms with E-state index in [9.17, 15) is 9.59 Å². The van der Waals surface area contributed by atoms with Crippen LogP contribution >= 0.6 is 23.2 Å². The average molecular weight is 421 g/mol. The smallest absolute Gasteiger partial charge is 0.265 e. The fraction of sp³-hybridized carbons (Fsp3) is 0.333. The minimum atomic E-state index is -0.828. The predicted octanol–water partition coefficient (Wildman–Crippen LogP) is 4.94. The molecule has 0 saturated carbocycles. The van der Waals surface area contributed by atoms with Gasteiger partial charge in [0, 0.05) is 13.1 Å². The molecule has 1 N–H and O–H groups in total. The Kier molecular flexibility index (Phi) is 6.47. The molecular weight excluding hydrogens is 399 g/mol. The van der Waals surface area contributed by atoms with Gasteiger partial charge in [-0.25, -0.2) is 0 Å². The highest BCUT2D eigenvalue weighted by Crippen LogP contribution is 2.32. The summed E-state index contributed by atoms with van der Waals surface area (Å²) in [5, 5.41) is 3.43. The first-order chi connectivity index (χ1) is 13.4. The zero-order valence-corrected chi connectivity index (χ0v) is 17.3. The number of nitrogens with one attached hydrogen (secondary N) is 1. The minimum Gasteiger partial charge on any atom is -0.479 e. The summed E-state index contributed by atoms with van der Waals surface area (Å²) in [5.41, 5.74) is 1.82. The van der Waals surface area contributed by atoms with E-state index in [0.29, 0.717) is 22.0 Å². The van der Waals surface area contributed by atoms with Gasteiger partial charge in [0.15, 0.2) is 6.10 Å². The van der Waals surface area contributed by atoms with Crippen molar-refractivity contribution in [1.82, 2.24) is 4.90 Å². The molecule has 1 heterocycles. The molecular formula is C21H22Cl2N2O3. The molecule has 2 aromatic rings. The SMILES string of the molecule is Cc1cccc(NC(=O)C(C)Oc2cccc(Cl)c2Cl)c1C(=O)N1CCCC1. The van der Waals surface area contributed by atoms with E-state index < -0.39 is 6.10 Å². The number of likely N-dealkylation sites (tertiary alicyclic amines) is 1. The van der Waals surface area contributed by atoms with Crippen LogP contribution in [0.1, 0.15) is 35.7 Å². The maximum atomic E-state index is 12.9. The molecule has 3 rings (SSSR count). The van der Waals surface area contributed by atoms with Crippen LogP contribution in [-0.2, 0) is 4.79 Å². The van der Waals surface area contributed by atoms with Crippen LogP contribution in [0.5, 0.6) is 5.75 Å². The second kappa shape index (κ2) is 8.84. The monoisotopic (exact) mass is 420 g/mol. The second-order valence-electron chi connectivity index (χ2n) is 6.80. The van der Waals surface area contributed by atoms with E-state index in [0.717, 1.165) is 31.5 Å². The molecule has 2 amide bonds. The summed E-state index contributed by atoms with van der Waals surface area (Å²) in [6.07, 6.45) is 1.18. The van der Waals surface area contributed by atoms with Crippen LogP contribution in [0.2, 0.25) is 10.0 Å². The zero-order chi connectivity index (χ0) is 20.3. The number of nitrogens with zero attached hydrogens (tertiary/aromatic N) is 1. The quantitative estimate of drug-likeness (QED) is 0.744. The fourth-order valence-electron chi connectivity index (χ4n) is 3.19. The molecule has 1 unspecified atom stereocenters. The van der Waals surface area contributed by atoms with Gasteiger partial charge in [-0.3, -0.25) is 9.59 Å². The molecule has 0 radical (unpaired) electrons. The molecule has 1 aliphatic heterocycles. The van der Waals surface area contributed by atoms with Gasteiger partial charge in [-0.1, -0.05) is 41.4 Å². The van der Waals surface area contributed by atoms with Crippen molar-refractivity contribution in [3.8, 4) is 5.75 Å². The Labute approximate surface area is 174 Å². The zero-order valence-electron chi connectivity index (χ0n) is 15.8. The van der Waals surface area contributed by atoms with Gasteiger partial charge < -0.3 is 15.0 Å². The molecule has 0 aromatic heterocycles. The third-order valence-corrected chi connectivity index (χ3v) is 5.53. The highest BCUT2D eigenvalue weighted by Gasteiger charge is 2.25. The summed E-state index contributed by atoms with van der Waals surface area (Å²) in [7, 11) is 0. The minimum absolute atomic E-state index is 0.0580. The lowest BCUT2D eigenvalue weighted by Crippen LogP contribution is -2.33. The number of halogens is 2. The van der Waals surface area contributed by atoms with Crippen LogP contribution in [-0.4, -0.2) is 35.9 Å². The third-order valence-electron chi connectivity index (χ3n) is 4.73. The Hall–Kier alpha value is -2.24. The first-order valence-electron chi connectivity index (χ1n) is 9.19. The average Bonchev–Trinajstić information content (AvgIpc) is 3.20. The van der Waals surface area contributed by atoms with Gasteiger partial charge in [-0.05, 0) is 50.5 Å². The number of hydrogen-bond acceptors (Lipinski definition) is 3. The van der Waals surface area contributed by atoms with Crippen molar-refractivity contribution >= 4 is 40.7 Å². The maximum absolute atomic E-state index is 12.9. The largest absolute Gasteiger partial charge is 0.479 e. The number of anilines is 1. The third kappa shape index (κ3) is 4.42. The number of benzene rings is 2. The summed E-state index contributed by atoms with van der Waals surface area (Å²) >= 11 is 12.1. The van der Waals surface area contributed by atoms with Crippen LogP contribution in [0.15, 0.2) is 36.4 Å². The van der Waals surface area contributed by atoms with Crippen LogP contribution in [0.25, 0.3) is 0 Å². The van der Waals surface area contributed by atoms with Gasteiger partial charge in [0.2, 0.25) is 0 Å². The van der Waals surface area contributed by atoms with Gasteiger partial charge in [0.1, 0.15) is 10.8 Å². The van der Waals surface area contributed by atoms with Gasteiger partial charge in [0.25, 0.3) is 11.8 Å². The van der Waals surface area contributed by atoms with E-state index in [2.05, 4.69) is 5.32 Å². The van der Waals surface area contributed by atoms with Crippen molar-refractivity contribution in [2.24, 2.45) is 0 Å². The van der Waals surface area contributed by atoms with Crippen molar-refractivity contribution in [1.29, 1.82) is 0 Å². The molecule has 1 atom stereocenters. The molecule has 1 fully saturated rings. The molecule has 5 nitrogen and oxygen atoms in total. The molecule has 1 aliphatic rings. The number of hydrogen-bond donors (Lipinski definition) is 1. The van der Waals surface area contributed by atoms with Crippen molar-refractivity contribution in [2.45, 2.75) is 32.8 Å². The first kappa shape index (κ1) is 20.5. The maximum Gasteiger partial charge on any atom is 0.265 e. The van der Waals surface area contributed by atoms with Crippen molar-refractivity contribution < 1.29 is 14.3 Å². The topological polar surface area (TPSA) is 58.6 Å². The van der Waals surface area contributed by atoms with Crippen molar-refractivity contribution in [3.63, 3.8) is 0 Å². The van der Waals surface area contributed by atoms with Gasteiger partial charge in [-0.2, -0.15) is 0 Å². The number of amides is 2. The molecule has 0 aliphatic carbocycles. The number of carbonyl (C=O) groups excluding carboxylic acids is 2. The van der Waals surface area contributed by atoms with E-state index in [1.54, 1.807) is 31.2 Å². The highest BCUT2D eigenvalue weighted by atomic mass is 35.5. The molecule has 28 heavy (non-hydrogen) atoms. The van der Waals surface area contributed by atoms with Gasteiger partial charge >= 0.3 is 0 Å². The van der Waals surface area contributed by atoms with Crippen molar-refractivity contribution in [2.75, 3.05) is 18.4 Å². The van der Waals surface area contributed by atoms with E-state index in [1.807, 2.05) is 24.0 Å². The van der Waals surface area contributed by atoms with Crippen LogP contribution in [0.3, 0.4) is 0 Å². The molecule has 1 saturated heterocycles.